The van der Waals surface area contributed by atoms with E-state index in [0.717, 1.165) is 11.3 Å². The Kier molecular flexibility index (Phi) is 4.31. The monoisotopic (exact) mass is 280 g/mol. The number of amides is 2. The molecule has 0 saturated carbocycles. The first kappa shape index (κ1) is 13.7. The van der Waals surface area contributed by atoms with E-state index in [2.05, 4.69) is 22.7 Å². The maximum atomic E-state index is 12.2. The summed E-state index contributed by atoms with van der Waals surface area (Å²) < 4.78 is 4.54. The van der Waals surface area contributed by atoms with E-state index < -0.39 is 6.09 Å². The second-order valence-electron chi connectivity index (χ2n) is 4.42. The second-order valence-corrected chi connectivity index (χ2v) is 4.94. The van der Waals surface area contributed by atoms with E-state index in [4.69, 9.17) is 0 Å². The quantitative estimate of drug-likeness (QED) is 0.808. The highest BCUT2D eigenvalue weighted by atomic mass is 32.1. The van der Waals surface area contributed by atoms with Crippen LogP contribution in [-0.4, -0.2) is 43.1 Å². The molecule has 1 saturated heterocycles. The zero-order chi connectivity index (χ0) is 13.8. The van der Waals surface area contributed by atoms with E-state index in [1.54, 1.807) is 23.1 Å². The maximum Gasteiger partial charge on any atom is 0.407 e. The zero-order valence-corrected chi connectivity index (χ0v) is 11.5. The molecule has 2 rings (SSSR count). The van der Waals surface area contributed by atoms with Crippen LogP contribution in [0, 0.1) is 0 Å². The highest BCUT2D eigenvalue weighted by molar-refractivity contribution is 7.80. The van der Waals surface area contributed by atoms with Gasteiger partial charge in [0.05, 0.1) is 13.2 Å². The number of hydrogen-bond acceptors (Lipinski definition) is 4. The van der Waals surface area contributed by atoms with Crippen molar-refractivity contribution in [2.75, 3.05) is 20.2 Å². The van der Waals surface area contributed by atoms with Gasteiger partial charge in [-0.2, -0.15) is 0 Å². The van der Waals surface area contributed by atoms with Crippen LogP contribution in [0.25, 0.3) is 0 Å². The van der Waals surface area contributed by atoms with Crippen molar-refractivity contribution in [3.8, 4) is 0 Å². The van der Waals surface area contributed by atoms with Crippen LogP contribution in [-0.2, 0) is 4.74 Å². The Bertz CT molecular complexity index is 493. The molecule has 1 aliphatic rings. The Labute approximate surface area is 117 Å². The van der Waals surface area contributed by atoms with Gasteiger partial charge in [0.1, 0.15) is 0 Å². The maximum absolute atomic E-state index is 12.2. The average Bonchev–Trinajstić information content (AvgIpc) is 2.86. The smallest absolute Gasteiger partial charge is 0.407 e. The SMILES string of the molecule is COC(=O)NC1CCN(C(=O)c2cccc(S)c2)C1. The van der Waals surface area contributed by atoms with Crippen molar-refractivity contribution in [2.45, 2.75) is 17.4 Å². The van der Waals surface area contributed by atoms with Crippen molar-refractivity contribution in [3.63, 3.8) is 0 Å². The first-order valence-corrected chi connectivity index (χ1v) is 6.47. The molecule has 0 radical (unpaired) electrons. The molecule has 1 aliphatic heterocycles. The van der Waals surface area contributed by atoms with Gasteiger partial charge in [0.15, 0.2) is 0 Å². The summed E-state index contributed by atoms with van der Waals surface area (Å²) in [6.07, 6.45) is 0.276. The molecule has 0 spiro atoms. The predicted molar refractivity (Wildman–Crippen MR) is 73.5 cm³/mol. The van der Waals surface area contributed by atoms with Gasteiger partial charge in [0.2, 0.25) is 0 Å². The number of nitrogens with one attached hydrogen (secondary N) is 1. The van der Waals surface area contributed by atoms with Crippen LogP contribution in [0.15, 0.2) is 29.2 Å². The lowest BCUT2D eigenvalue weighted by molar-refractivity contribution is 0.0788. The van der Waals surface area contributed by atoms with Crippen molar-refractivity contribution in [1.29, 1.82) is 0 Å². The van der Waals surface area contributed by atoms with Crippen LogP contribution in [0.3, 0.4) is 0 Å². The third-order valence-electron chi connectivity index (χ3n) is 3.08. The highest BCUT2D eigenvalue weighted by Gasteiger charge is 2.28. The van der Waals surface area contributed by atoms with E-state index >= 15 is 0 Å². The number of carbonyl (C=O) groups is 2. The van der Waals surface area contributed by atoms with Gasteiger partial charge >= 0.3 is 6.09 Å². The normalized spacial score (nSPS) is 18.2. The number of nitrogens with zero attached hydrogens (tertiary/aromatic N) is 1. The zero-order valence-electron chi connectivity index (χ0n) is 10.6. The summed E-state index contributed by atoms with van der Waals surface area (Å²) in [4.78, 5) is 25.8. The summed E-state index contributed by atoms with van der Waals surface area (Å²) in [7, 11) is 1.32. The van der Waals surface area contributed by atoms with E-state index in [1.807, 2.05) is 6.07 Å². The van der Waals surface area contributed by atoms with E-state index in [-0.39, 0.29) is 11.9 Å². The first-order chi connectivity index (χ1) is 9.10. The lowest BCUT2D eigenvalue weighted by Gasteiger charge is -2.17. The van der Waals surface area contributed by atoms with Gasteiger partial charge in [0, 0.05) is 23.5 Å². The molecule has 1 heterocycles. The van der Waals surface area contributed by atoms with Crippen LogP contribution >= 0.6 is 12.6 Å². The summed E-state index contributed by atoms with van der Waals surface area (Å²) >= 11 is 4.22. The molecule has 19 heavy (non-hydrogen) atoms. The number of alkyl carbamates (subject to hydrolysis) is 1. The third kappa shape index (κ3) is 3.41. The molecule has 0 bridgehead atoms. The minimum atomic E-state index is -0.461. The fourth-order valence-electron chi connectivity index (χ4n) is 2.11. The van der Waals surface area contributed by atoms with E-state index in [9.17, 15) is 9.59 Å². The molecule has 1 aromatic rings. The minimum Gasteiger partial charge on any atom is -0.453 e. The molecular formula is C13H16N2O3S. The molecule has 1 fully saturated rings. The van der Waals surface area contributed by atoms with Crippen LogP contribution in [0.1, 0.15) is 16.8 Å². The van der Waals surface area contributed by atoms with Gasteiger partial charge in [-0.05, 0) is 24.6 Å². The molecule has 1 unspecified atom stereocenters. The fourth-order valence-corrected chi connectivity index (χ4v) is 2.33. The van der Waals surface area contributed by atoms with Gasteiger partial charge < -0.3 is 15.0 Å². The van der Waals surface area contributed by atoms with Crippen LogP contribution in [0.2, 0.25) is 0 Å². The molecule has 0 aliphatic carbocycles. The summed E-state index contributed by atoms with van der Waals surface area (Å²) in [6.45, 7) is 1.13. The topological polar surface area (TPSA) is 58.6 Å². The largest absolute Gasteiger partial charge is 0.453 e. The van der Waals surface area contributed by atoms with Crippen LogP contribution in [0.4, 0.5) is 4.79 Å². The molecule has 1 N–H and O–H groups in total. The average molecular weight is 280 g/mol. The van der Waals surface area contributed by atoms with Crippen LogP contribution in [0.5, 0.6) is 0 Å². The number of thiol groups is 1. The first-order valence-electron chi connectivity index (χ1n) is 6.03. The van der Waals surface area contributed by atoms with Gasteiger partial charge in [-0.1, -0.05) is 6.07 Å². The van der Waals surface area contributed by atoms with Crippen molar-refractivity contribution in [1.82, 2.24) is 10.2 Å². The highest BCUT2D eigenvalue weighted by Crippen LogP contribution is 2.16. The molecule has 5 nitrogen and oxygen atoms in total. The summed E-state index contributed by atoms with van der Waals surface area (Å²) in [5.74, 6) is -0.0370. The van der Waals surface area contributed by atoms with Crippen LogP contribution < -0.4 is 5.32 Å². The Balaban J connectivity index is 1.97. The minimum absolute atomic E-state index is 0.0370. The molecule has 2 amide bonds. The van der Waals surface area contributed by atoms with Crippen molar-refractivity contribution in [3.05, 3.63) is 29.8 Å². The number of likely N-dealkylation sites (tertiary alicyclic amines) is 1. The summed E-state index contributed by atoms with van der Waals surface area (Å²) in [5, 5.41) is 2.71. The molecule has 6 heteroatoms. The number of carbonyl (C=O) groups excluding carboxylic acids is 2. The lowest BCUT2D eigenvalue weighted by atomic mass is 10.2. The molecule has 1 aromatic carbocycles. The summed E-state index contributed by atoms with van der Waals surface area (Å²) in [6, 6.07) is 7.09. The van der Waals surface area contributed by atoms with E-state index in [1.165, 1.54) is 7.11 Å². The standard InChI is InChI=1S/C13H16N2O3S/c1-18-13(17)14-10-5-6-15(8-10)12(16)9-3-2-4-11(19)7-9/h2-4,7,10,19H,5-6,8H2,1H3,(H,14,17). The third-order valence-corrected chi connectivity index (χ3v) is 3.35. The number of benzene rings is 1. The van der Waals surface area contributed by atoms with Gasteiger partial charge in [-0.25, -0.2) is 4.79 Å². The Hall–Kier alpha value is -1.69. The van der Waals surface area contributed by atoms with Crippen molar-refractivity contribution >= 4 is 24.6 Å². The molecule has 102 valence electrons. The van der Waals surface area contributed by atoms with Gasteiger partial charge in [-0.3, -0.25) is 4.79 Å². The lowest BCUT2D eigenvalue weighted by Crippen LogP contribution is -2.38. The Morgan fingerprint density at radius 3 is 2.95 bits per heavy atom. The predicted octanol–water partition coefficient (Wildman–Crippen LogP) is 1.55. The molecular weight excluding hydrogens is 264 g/mol. The Morgan fingerprint density at radius 2 is 2.26 bits per heavy atom. The number of ether oxygens (including phenoxy) is 1. The Morgan fingerprint density at radius 1 is 1.47 bits per heavy atom. The number of rotatable bonds is 2. The van der Waals surface area contributed by atoms with Crippen molar-refractivity contribution < 1.29 is 14.3 Å². The number of methoxy groups -OCH3 is 1. The second kappa shape index (κ2) is 5.97. The molecule has 0 aromatic heterocycles. The van der Waals surface area contributed by atoms with E-state index in [0.29, 0.717) is 18.7 Å². The van der Waals surface area contributed by atoms with Gasteiger partial charge in [0.25, 0.3) is 5.91 Å². The summed E-state index contributed by atoms with van der Waals surface area (Å²) in [5.41, 5.74) is 0.617. The molecule has 1 atom stereocenters. The number of hydrogen-bond donors (Lipinski definition) is 2. The van der Waals surface area contributed by atoms with Gasteiger partial charge in [-0.15, -0.1) is 12.6 Å². The fraction of sp³-hybridized carbons (Fsp3) is 0.385. The van der Waals surface area contributed by atoms with Crippen molar-refractivity contribution in [2.24, 2.45) is 0 Å².